The predicted molar refractivity (Wildman–Crippen MR) is 154 cm³/mol. The number of aromatic carboxylic acids is 1. The van der Waals surface area contributed by atoms with E-state index in [0.717, 1.165) is 36.0 Å². The maximum Gasteiger partial charge on any atom is 0.336 e. The normalized spacial score (nSPS) is 12.0. The number of hydrogen-bond donors (Lipinski definition) is 1. The number of nitrogens with zero attached hydrogens (tertiary/aromatic N) is 2. The van der Waals surface area contributed by atoms with E-state index in [-0.39, 0.29) is 0 Å². The molecule has 0 aliphatic carbocycles. The van der Waals surface area contributed by atoms with E-state index in [4.69, 9.17) is 0 Å². The molecule has 0 aliphatic heterocycles. The second-order valence-electron chi connectivity index (χ2n) is 10.5. The second kappa shape index (κ2) is 15.3. The molecule has 3 rings (SSSR count). The summed E-state index contributed by atoms with van der Waals surface area (Å²) in [7, 11) is 0. The summed E-state index contributed by atoms with van der Waals surface area (Å²) < 4.78 is 0. The summed E-state index contributed by atoms with van der Waals surface area (Å²) in [6.45, 7) is 6.67. The molecule has 0 unspecified atom stereocenters. The molecule has 0 radical (unpaired) electrons. The Hall–Kier alpha value is -3.01. The molecule has 3 aromatic rings. The van der Waals surface area contributed by atoms with Gasteiger partial charge in [-0.1, -0.05) is 115 Å². The Morgan fingerprint density at radius 1 is 0.784 bits per heavy atom. The molecule has 1 heterocycles. The maximum atomic E-state index is 11.9. The SMILES string of the molecule is CCCCCCCCCCCc1cnc(-c2ccc(-c3cc(C[C@@H](C)CC)ccc3C(=O)O)cc2)nc1. The minimum Gasteiger partial charge on any atom is -0.478 e. The Balaban J connectivity index is 1.57. The fourth-order valence-corrected chi connectivity index (χ4v) is 4.76. The van der Waals surface area contributed by atoms with E-state index in [2.05, 4.69) is 30.7 Å². The van der Waals surface area contributed by atoms with Crippen LogP contribution >= 0.6 is 0 Å². The predicted octanol–water partition coefficient (Wildman–Crippen LogP) is 9.17. The first-order chi connectivity index (χ1) is 18.0. The van der Waals surface area contributed by atoms with Crippen molar-refractivity contribution < 1.29 is 9.90 Å². The quantitative estimate of drug-likeness (QED) is 0.199. The van der Waals surface area contributed by atoms with E-state index in [1.807, 2.05) is 48.8 Å². The largest absolute Gasteiger partial charge is 0.478 e. The zero-order chi connectivity index (χ0) is 26.5. The Labute approximate surface area is 223 Å². The summed E-state index contributed by atoms with van der Waals surface area (Å²) >= 11 is 0. The Morgan fingerprint density at radius 3 is 1.97 bits per heavy atom. The molecule has 1 N–H and O–H groups in total. The zero-order valence-corrected chi connectivity index (χ0v) is 23.0. The van der Waals surface area contributed by atoms with Crippen molar-refractivity contribution in [3.8, 4) is 22.5 Å². The molecule has 0 saturated carbocycles. The van der Waals surface area contributed by atoms with E-state index in [1.165, 1.54) is 68.9 Å². The summed E-state index contributed by atoms with van der Waals surface area (Å²) in [6, 6.07) is 13.6. The van der Waals surface area contributed by atoms with Gasteiger partial charge in [0.15, 0.2) is 5.82 Å². The summed E-state index contributed by atoms with van der Waals surface area (Å²) in [5, 5.41) is 9.73. The molecule has 0 spiro atoms. The van der Waals surface area contributed by atoms with E-state index < -0.39 is 5.97 Å². The number of benzene rings is 2. The van der Waals surface area contributed by atoms with Crippen molar-refractivity contribution in [2.45, 2.75) is 97.8 Å². The van der Waals surface area contributed by atoms with Crippen molar-refractivity contribution in [1.29, 1.82) is 0 Å². The van der Waals surface area contributed by atoms with Gasteiger partial charge < -0.3 is 5.11 Å². The lowest BCUT2D eigenvalue weighted by Crippen LogP contribution is -2.03. The molecule has 37 heavy (non-hydrogen) atoms. The first-order valence-corrected chi connectivity index (χ1v) is 14.3. The van der Waals surface area contributed by atoms with Gasteiger partial charge >= 0.3 is 5.97 Å². The average Bonchev–Trinajstić information content (AvgIpc) is 2.92. The Kier molecular flexibility index (Phi) is 11.8. The van der Waals surface area contributed by atoms with Gasteiger partial charge in [0.2, 0.25) is 0 Å². The van der Waals surface area contributed by atoms with Crippen molar-refractivity contribution >= 4 is 5.97 Å². The summed E-state index contributed by atoms with van der Waals surface area (Å²) in [5.74, 6) is 0.359. The molecule has 4 heteroatoms. The minimum atomic E-state index is -0.903. The van der Waals surface area contributed by atoms with E-state index in [1.54, 1.807) is 6.07 Å². The summed E-state index contributed by atoms with van der Waals surface area (Å²) in [5.41, 5.74) is 5.28. The van der Waals surface area contributed by atoms with Crippen molar-refractivity contribution in [3.63, 3.8) is 0 Å². The highest BCUT2D eigenvalue weighted by Gasteiger charge is 2.14. The molecule has 0 fully saturated rings. The summed E-state index contributed by atoms with van der Waals surface area (Å²) in [4.78, 5) is 21.1. The van der Waals surface area contributed by atoms with Crippen LogP contribution in [0.15, 0.2) is 54.9 Å². The standard InChI is InChI=1S/C33H44N2O2/c1-4-6-7-8-9-10-11-12-13-14-27-23-34-32(35-24-27)29-18-16-28(17-19-29)31-22-26(21-25(3)5-2)15-20-30(31)33(36)37/h15-20,22-25H,4-14,21H2,1-3H3,(H,36,37)/t25-/m0/s1. The number of hydrogen-bond acceptors (Lipinski definition) is 3. The smallest absolute Gasteiger partial charge is 0.336 e. The van der Waals surface area contributed by atoms with E-state index in [9.17, 15) is 9.90 Å². The van der Waals surface area contributed by atoms with Crippen molar-refractivity contribution in [1.82, 2.24) is 9.97 Å². The van der Waals surface area contributed by atoms with Gasteiger partial charge in [0.25, 0.3) is 0 Å². The Bertz CT molecular complexity index is 1090. The molecule has 4 nitrogen and oxygen atoms in total. The lowest BCUT2D eigenvalue weighted by Gasteiger charge is -2.13. The highest BCUT2D eigenvalue weighted by molar-refractivity contribution is 5.96. The van der Waals surface area contributed by atoms with Gasteiger partial charge in [-0.2, -0.15) is 0 Å². The fourth-order valence-electron chi connectivity index (χ4n) is 4.76. The van der Waals surface area contributed by atoms with Crippen LogP contribution in [0.1, 0.15) is 106 Å². The van der Waals surface area contributed by atoms with Crippen LogP contribution in [0.3, 0.4) is 0 Å². The fraction of sp³-hybridized carbons (Fsp3) is 0.485. The van der Waals surface area contributed by atoms with Gasteiger partial charge in [-0.15, -0.1) is 0 Å². The summed E-state index contributed by atoms with van der Waals surface area (Å²) in [6.07, 6.45) is 18.9. The van der Waals surface area contributed by atoms with Crippen LogP contribution in [-0.4, -0.2) is 21.0 Å². The number of rotatable bonds is 16. The van der Waals surface area contributed by atoms with Gasteiger partial charge in [-0.05, 0) is 53.5 Å². The minimum absolute atomic E-state index is 0.331. The highest BCUT2D eigenvalue weighted by Crippen LogP contribution is 2.28. The molecular formula is C33H44N2O2. The highest BCUT2D eigenvalue weighted by atomic mass is 16.4. The second-order valence-corrected chi connectivity index (χ2v) is 10.5. The third-order valence-electron chi connectivity index (χ3n) is 7.32. The van der Waals surface area contributed by atoms with Crippen LogP contribution in [0.25, 0.3) is 22.5 Å². The van der Waals surface area contributed by atoms with Gasteiger partial charge in [0, 0.05) is 18.0 Å². The van der Waals surface area contributed by atoms with Crippen LogP contribution in [0.4, 0.5) is 0 Å². The van der Waals surface area contributed by atoms with Gasteiger partial charge in [0.1, 0.15) is 0 Å². The van der Waals surface area contributed by atoms with Gasteiger partial charge in [0.05, 0.1) is 5.56 Å². The molecular weight excluding hydrogens is 456 g/mol. The van der Waals surface area contributed by atoms with E-state index >= 15 is 0 Å². The average molecular weight is 501 g/mol. The van der Waals surface area contributed by atoms with Crippen LogP contribution in [0.5, 0.6) is 0 Å². The van der Waals surface area contributed by atoms with Crippen molar-refractivity contribution in [3.05, 3.63) is 71.5 Å². The zero-order valence-electron chi connectivity index (χ0n) is 23.0. The maximum absolute atomic E-state index is 11.9. The van der Waals surface area contributed by atoms with Crippen LogP contribution in [0.2, 0.25) is 0 Å². The first-order valence-electron chi connectivity index (χ1n) is 14.3. The number of carboxylic acids is 1. The third-order valence-corrected chi connectivity index (χ3v) is 7.32. The van der Waals surface area contributed by atoms with E-state index in [0.29, 0.717) is 17.3 Å². The number of unbranched alkanes of at least 4 members (excludes halogenated alkanes) is 8. The van der Waals surface area contributed by atoms with Gasteiger partial charge in [-0.25, -0.2) is 14.8 Å². The van der Waals surface area contributed by atoms with Crippen LogP contribution in [0, 0.1) is 5.92 Å². The van der Waals surface area contributed by atoms with Crippen LogP contribution < -0.4 is 0 Å². The molecule has 198 valence electrons. The van der Waals surface area contributed by atoms with Gasteiger partial charge in [-0.3, -0.25) is 0 Å². The Morgan fingerprint density at radius 2 is 1.38 bits per heavy atom. The third kappa shape index (κ3) is 9.10. The topological polar surface area (TPSA) is 63.1 Å². The number of carbonyl (C=O) groups is 1. The molecule has 1 aromatic heterocycles. The molecule has 2 aromatic carbocycles. The molecule has 0 amide bonds. The number of aryl methyl sites for hydroxylation is 1. The lowest BCUT2D eigenvalue weighted by molar-refractivity contribution is 0.0697. The molecule has 0 bridgehead atoms. The molecule has 0 aliphatic rings. The van der Waals surface area contributed by atoms with Crippen molar-refractivity contribution in [2.75, 3.05) is 0 Å². The van der Waals surface area contributed by atoms with Crippen molar-refractivity contribution in [2.24, 2.45) is 5.92 Å². The lowest BCUT2D eigenvalue weighted by atomic mass is 9.92. The number of carboxylic acid groups (broad SMARTS) is 1. The number of aromatic nitrogens is 2. The van der Waals surface area contributed by atoms with Crippen LogP contribution in [-0.2, 0) is 12.8 Å². The molecule has 0 saturated heterocycles. The molecule has 1 atom stereocenters. The first kappa shape index (κ1) is 28.6. The monoisotopic (exact) mass is 500 g/mol.